The van der Waals surface area contributed by atoms with E-state index in [2.05, 4.69) is 0 Å². The van der Waals surface area contributed by atoms with Crippen LogP contribution in [0.15, 0.2) is 53.4 Å². The van der Waals surface area contributed by atoms with E-state index in [0.29, 0.717) is 11.4 Å². The van der Waals surface area contributed by atoms with Crippen molar-refractivity contribution in [2.45, 2.75) is 30.7 Å². The molecule has 0 spiro atoms. The zero-order chi connectivity index (χ0) is 16.4. The summed E-state index contributed by atoms with van der Waals surface area (Å²) in [5, 5.41) is 0. The second kappa shape index (κ2) is 6.34. The molecule has 1 atom stereocenters. The standard InChI is InChI=1S/C18H21NO3S/c1-14-8-10-17(11-9-14)23(20,21)19-12-4-7-18(19)15-5-3-6-16(13-15)22-2/h3,5-6,8-11,13,18H,4,7,12H2,1-2H3. The van der Waals surface area contributed by atoms with Gasteiger partial charge in [-0.15, -0.1) is 0 Å². The van der Waals surface area contributed by atoms with Gasteiger partial charge in [-0.3, -0.25) is 0 Å². The Morgan fingerprint density at radius 3 is 2.57 bits per heavy atom. The van der Waals surface area contributed by atoms with E-state index in [-0.39, 0.29) is 6.04 Å². The SMILES string of the molecule is COc1cccc(C2CCCN2S(=O)(=O)c2ccc(C)cc2)c1. The lowest BCUT2D eigenvalue weighted by atomic mass is 10.1. The van der Waals surface area contributed by atoms with Crippen LogP contribution in [0.25, 0.3) is 0 Å². The van der Waals surface area contributed by atoms with Gasteiger partial charge in [0, 0.05) is 6.54 Å². The van der Waals surface area contributed by atoms with Crippen molar-refractivity contribution in [3.63, 3.8) is 0 Å². The van der Waals surface area contributed by atoms with Gasteiger partial charge < -0.3 is 4.74 Å². The minimum atomic E-state index is -3.48. The average Bonchev–Trinajstić information content (AvgIpc) is 3.06. The predicted molar refractivity (Wildman–Crippen MR) is 90.0 cm³/mol. The molecule has 0 saturated carbocycles. The number of benzene rings is 2. The van der Waals surface area contributed by atoms with Crippen molar-refractivity contribution >= 4 is 10.0 Å². The van der Waals surface area contributed by atoms with Gasteiger partial charge >= 0.3 is 0 Å². The molecule has 23 heavy (non-hydrogen) atoms. The van der Waals surface area contributed by atoms with E-state index >= 15 is 0 Å². The minimum absolute atomic E-state index is 0.128. The molecule has 0 N–H and O–H groups in total. The molecule has 1 saturated heterocycles. The highest BCUT2D eigenvalue weighted by Crippen LogP contribution is 2.37. The Morgan fingerprint density at radius 1 is 1.13 bits per heavy atom. The lowest BCUT2D eigenvalue weighted by Gasteiger charge is -2.24. The van der Waals surface area contributed by atoms with Gasteiger partial charge in [0.15, 0.2) is 0 Å². The molecule has 1 aliphatic heterocycles. The van der Waals surface area contributed by atoms with Gasteiger partial charge in [0.05, 0.1) is 18.0 Å². The van der Waals surface area contributed by atoms with Crippen LogP contribution in [-0.4, -0.2) is 26.4 Å². The van der Waals surface area contributed by atoms with E-state index in [4.69, 9.17) is 4.74 Å². The summed E-state index contributed by atoms with van der Waals surface area (Å²) in [5.41, 5.74) is 2.03. The summed E-state index contributed by atoms with van der Waals surface area (Å²) < 4.78 is 32.8. The second-order valence-corrected chi connectivity index (χ2v) is 7.75. The molecular weight excluding hydrogens is 310 g/mol. The van der Waals surface area contributed by atoms with Crippen molar-refractivity contribution in [2.75, 3.05) is 13.7 Å². The van der Waals surface area contributed by atoms with Crippen molar-refractivity contribution in [3.8, 4) is 5.75 Å². The number of nitrogens with zero attached hydrogens (tertiary/aromatic N) is 1. The maximum absolute atomic E-state index is 13.0. The Balaban J connectivity index is 1.96. The fourth-order valence-electron chi connectivity index (χ4n) is 3.06. The van der Waals surface area contributed by atoms with Crippen LogP contribution < -0.4 is 4.74 Å². The Labute approximate surface area is 137 Å². The zero-order valence-electron chi connectivity index (χ0n) is 13.4. The van der Waals surface area contributed by atoms with Gasteiger partial charge in [-0.2, -0.15) is 4.31 Å². The summed E-state index contributed by atoms with van der Waals surface area (Å²) in [6.07, 6.45) is 1.70. The van der Waals surface area contributed by atoms with Crippen LogP contribution in [0, 0.1) is 6.92 Å². The first-order valence-electron chi connectivity index (χ1n) is 7.75. The van der Waals surface area contributed by atoms with Crippen molar-refractivity contribution in [1.82, 2.24) is 4.31 Å². The van der Waals surface area contributed by atoms with Gasteiger partial charge in [-0.05, 0) is 49.6 Å². The largest absolute Gasteiger partial charge is 0.497 e. The third kappa shape index (κ3) is 3.12. The molecule has 1 unspecified atom stereocenters. The zero-order valence-corrected chi connectivity index (χ0v) is 14.2. The molecule has 1 fully saturated rings. The third-order valence-electron chi connectivity index (χ3n) is 4.31. The molecule has 1 heterocycles. The highest BCUT2D eigenvalue weighted by Gasteiger charge is 2.36. The summed E-state index contributed by atoms with van der Waals surface area (Å²) in [6.45, 7) is 2.50. The first-order chi connectivity index (χ1) is 11.0. The number of hydrogen-bond donors (Lipinski definition) is 0. The topological polar surface area (TPSA) is 46.6 Å². The second-order valence-electron chi connectivity index (χ2n) is 5.86. The normalized spacial score (nSPS) is 19.0. The molecule has 122 valence electrons. The van der Waals surface area contributed by atoms with E-state index in [0.717, 1.165) is 29.7 Å². The van der Waals surface area contributed by atoms with E-state index in [1.54, 1.807) is 23.5 Å². The maximum Gasteiger partial charge on any atom is 0.243 e. The van der Waals surface area contributed by atoms with Crippen LogP contribution in [-0.2, 0) is 10.0 Å². The van der Waals surface area contributed by atoms with Gasteiger partial charge in [0.25, 0.3) is 0 Å². The van der Waals surface area contributed by atoms with Crippen molar-refractivity contribution in [3.05, 3.63) is 59.7 Å². The van der Waals surface area contributed by atoms with E-state index in [1.165, 1.54) is 0 Å². The molecule has 2 aromatic carbocycles. The van der Waals surface area contributed by atoms with Gasteiger partial charge in [0.1, 0.15) is 5.75 Å². The van der Waals surface area contributed by atoms with Crippen molar-refractivity contribution in [2.24, 2.45) is 0 Å². The van der Waals surface area contributed by atoms with E-state index in [9.17, 15) is 8.42 Å². The van der Waals surface area contributed by atoms with Gasteiger partial charge in [0.2, 0.25) is 10.0 Å². The fraction of sp³-hybridized carbons (Fsp3) is 0.333. The maximum atomic E-state index is 13.0. The molecule has 1 aliphatic rings. The molecule has 2 aromatic rings. The smallest absolute Gasteiger partial charge is 0.243 e. The number of sulfonamides is 1. The van der Waals surface area contributed by atoms with Crippen LogP contribution >= 0.6 is 0 Å². The Morgan fingerprint density at radius 2 is 1.87 bits per heavy atom. The van der Waals surface area contributed by atoms with Crippen LogP contribution in [0.2, 0.25) is 0 Å². The highest BCUT2D eigenvalue weighted by atomic mass is 32.2. The van der Waals surface area contributed by atoms with Crippen LogP contribution in [0.1, 0.15) is 30.0 Å². The fourth-order valence-corrected chi connectivity index (χ4v) is 4.74. The number of methoxy groups -OCH3 is 1. The van der Waals surface area contributed by atoms with Crippen LogP contribution in [0.3, 0.4) is 0 Å². The minimum Gasteiger partial charge on any atom is -0.497 e. The quantitative estimate of drug-likeness (QED) is 0.861. The average molecular weight is 331 g/mol. The predicted octanol–water partition coefficient (Wildman–Crippen LogP) is 3.53. The number of aryl methyl sites for hydroxylation is 1. The molecule has 0 amide bonds. The third-order valence-corrected chi connectivity index (χ3v) is 6.23. The summed E-state index contributed by atoms with van der Waals surface area (Å²) in [5.74, 6) is 0.752. The molecule has 5 heteroatoms. The van der Waals surface area contributed by atoms with Gasteiger partial charge in [-0.25, -0.2) is 8.42 Å². The summed E-state index contributed by atoms with van der Waals surface area (Å²) >= 11 is 0. The first-order valence-corrected chi connectivity index (χ1v) is 9.19. The Kier molecular flexibility index (Phi) is 4.41. The monoisotopic (exact) mass is 331 g/mol. The molecule has 0 aromatic heterocycles. The van der Waals surface area contributed by atoms with Crippen molar-refractivity contribution < 1.29 is 13.2 Å². The number of hydrogen-bond acceptors (Lipinski definition) is 3. The molecular formula is C18H21NO3S. The summed E-state index contributed by atoms with van der Waals surface area (Å²) in [7, 11) is -1.86. The molecule has 0 aliphatic carbocycles. The van der Waals surface area contributed by atoms with Gasteiger partial charge in [-0.1, -0.05) is 29.8 Å². The highest BCUT2D eigenvalue weighted by molar-refractivity contribution is 7.89. The number of rotatable bonds is 4. The summed E-state index contributed by atoms with van der Waals surface area (Å²) in [4.78, 5) is 0.359. The van der Waals surface area contributed by atoms with Crippen LogP contribution in [0.5, 0.6) is 5.75 Å². The molecule has 0 radical (unpaired) electrons. The molecule has 3 rings (SSSR count). The lowest BCUT2D eigenvalue weighted by molar-refractivity contribution is 0.390. The molecule has 0 bridgehead atoms. The number of ether oxygens (including phenoxy) is 1. The Hall–Kier alpha value is -1.85. The van der Waals surface area contributed by atoms with Crippen molar-refractivity contribution in [1.29, 1.82) is 0 Å². The van der Waals surface area contributed by atoms with E-state index in [1.807, 2.05) is 43.3 Å². The molecule has 4 nitrogen and oxygen atoms in total. The van der Waals surface area contributed by atoms with E-state index < -0.39 is 10.0 Å². The lowest BCUT2D eigenvalue weighted by Crippen LogP contribution is -2.30. The first kappa shape index (κ1) is 16.0. The van der Waals surface area contributed by atoms with Crippen LogP contribution in [0.4, 0.5) is 0 Å². The Bertz CT molecular complexity index is 784. The summed E-state index contributed by atoms with van der Waals surface area (Å²) in [6, 6.07) is 14.6.